The molecule has 0 saturated heterocycles. The van der Waals surface area contributed by atoms with Gasteiger partial charge in [-0.3, -0.25) is 0 Å². The Morgan fingerprint density at radius 1 is 1.21 bits per heavy atom. The van der Waals surface area contributed by atoms with Gasteiger partial charge in [0.15, 0.2) is 0 Å². The monoisotopic (exact) mass is 303 g/mol. The van der Waals surface area contributed by atoms with E-state index in [2.05, 4.69) is 72.5 Å². The Hall–Kier alpha value is -0.250. The third kappa shape index (κ3) is 2.87. The first-order valence-electron chi connectivity index (χ1n) is 5.10. The van der Waals surface area contributed by atoms with Crippen LogP contribution in [0.4, 0.5) is 5.69 Å². The summed E-state index contributed by atoms with van der Waals surface area (Å²) in [4.78, 5) is 2.35. The standard InChI is InChI=1S/C12H18IN/c1-4-14(9-13)12-7-5-11(6-8-12)10(2)3/h5-8,10H,4,9H2,1-3H3. The molecule has 0 unspecified atom stereocenters. The number of halogens is 1. The average Bonchev–Trinajstić information content (AvgIpc) is 2.20. The first-order chi connectivity index (χ1) is 6.69. The van der Waals surface area contributed by atoms with Crippen LogP contribution in [0.1, 0.15) is 32.3 Å². The van der Waals surface area contributed by atoms with Crippen molar-refractivity contribution in [3.63, 3.8) is 0 Å². The summed E-state index contributed by atoms with van der Waals surface area (Å²) in [7, 11) is 0. The molecule has 1 aromatic carbocycles. The summed E-state index contributed by atoms with van der Waals surface area (Å²) in [6, 6.07) is 8.90. The second-order valence-electron chi connectivity index (χ2n) is 3.72. The zero-order chi connectivity index (χ0) is 10.6. The molecule has 1 nitrogen and oxygen atoms in total. The Kier molecular flexibility index (Phi) is 4.72. The molecule has 0 heterocycles. The van der Waals surface area contributed by atoms with Gasteiger partial charge in [0.05, 0.1) is 4.55 Å². The summed E-state index contributed by atoms with van der Waals surface area (Å²) in [5, 5.41) is 0. The molecular formula is C12H18IN. The van der Waals surface area contributed by atoms with Gasteiger partial charge in [-0.2, -0.15) is 0 Å². The third-order valence-electron chi connectivity index (χ3n) is 2.45. The highest BCUT2D eigenvalue weighted by Crippen LogP contribution is 2.20. The number of anilines is 1. The maximum absolute atomic E-state index is 2.40. The lowest BCUT2D eigenvalue weighted by Gasteiger charge is -2.20. The number of benzene rings is 1. The summed E-state index contributed by atoms with van der Waals surface area (Å²) in [6.45, 7) is 7.72. The summed E-state index contributed by atoms with van der Waals surface area (Å²) in [6.07, 6.45) is 0. The minimum atomic E-state index is 0.624. The molecule has 14 heavy (non-hydrogen) atoms. The average molecular weight is 303 g/mol. The van der Waals surface area contributed by atoms with E-state index in [0.717, 1.165) is 11.1 Å². The number of alkyl halides is 1. The number of rotatable bonds is 4. The first-order valence-corrected chi connectivity index (χ1v) is 6.62. The van der Waals surface area contributed by atoms with E-state index in [1.54, 1.807) is 0 Å². The molecule has 0 aliphatic rings. The molecule has 78 valence electrons. The molecule has 0 fully saturated rings. The molecule has 0 spiro atoms. The highest BCUT2D eigenvalue weighted by atomic mass is 127. The molecule has 0 aliphatic heterocycles. The molecule has 0 N–H and O–H groups in total. The smallest absolute Gasteiger partial charge is 0.0699 e. The molecule has 2 heteroatoms. The highest BCUT2D eigenvalue weighted by molar-refractivity contribution is 14.1. The SMILES string of the molecule is CCN(CI)c1ccc(C(C)C)cc1. The van der Waals surface area contributed by atoms with Gasteiger partial charge in [0.2, 0.25) is 0 Å². The van der Waals surface area contributed by atoms with Crippen LogP contribution in [-0.4, -0.2) is 11.1 Å². The van der Waals surface area contributed by atoms with Crippen LogP contribution in [0.2, 0.25) is 0 Å². The second kappa shape index (κ2) is 5.59. The van der Waals surface area contributed by atoms with E-state index in [-0.39, 0.29) is 0 Å². The maximum atomic E-state index is 2.40. The van der Waals surface area contributed by atoms with Gasteiger partial charge in [-0.05, 0) is 30.5 Å². The van der Waals surface area contributed by atoms with Crippen molar-refractivity contribution in [1.82, 2.24) is 0 Å². The van der Waals surface area contributed by atoms with Gasteiger partial charge in [0.1, 0.15) is 0 Å². The minimum absolute atomic E-state index is 0.624. The number of nitrogens with zero attached hydrogens (tertiary/aromatic N) is 1. The van der Waals surface area contributed by atoms with Crippen molar-refractivity contribution in [3.8, 4) is 0 Å². The van der Waals surface area contributed by atoms with Crippen LogP contribution in [-0.2, 0) is 0 Å². The Balaban J connectivity index is 2.81. The van der Waals surface area contributed by atoms with Gasteiger partial charge in [-0.15, -0.1) is 0 Å². The minimum Gasteiger partial charge on any atom is -0.363 e. The Morgan fingerprint density at radius 2 is 1.79 bits per heavy atom. The predicted molar refractivity (Wildman–Crippen MR) is 72.4 cm³/mol. The summed E-state index contributed by atoms with van der Waals surface area (Å²) >= 11 is 2.40. The van der Waals surface area contributed by atoms with E-state index >= 15 is 0 Å². The van der Waals surface area contributed by atoms with Gasteiger partial charge in [-0.1, -0.05) is 48.6 Å². The van der Waals surface area contributed by atoms with Gasteiger partial charge < -0.3 is 4.90 Å². The van der Waals surface area contributed by atoms with Crippen molar-refractivity contribution in [2.45, 2.75) is 26.7 Å². The van der Waals surface area contributed by atoms with Gasteiger partial charge in [-0.25, -0.2) is 0 Å². The van der Waals surface area contributed by atoms with E-state index in [0.29, 0.717) is 5.92 Å². The van der Waals surface area contributed by atoms with Crippen molar-refractivity contribution < 1.29 is 0 Å². The van der Waals surface area contributed by atoms with Gasteiger partial charge >= 0.3 is 0 Å². The van der Waals surface area contributed by atoms with Crippen LogP contribution < -0.4 is 4.90 Å². The van der Waals surface area contributed by atoms with Crippen molar-refractivity contribution >= 4 is 28.3 Å². The molecule has 1 rings (SSSR count). The predicted octanol–water partition coefficient (Wildman–Crippen LogP) is 4.03. The molecule has 0 atom stereocenters. The first kappa shape index (κ1) is 11.8. The van der Waals surface area contributed by atoms with Crippen molar-refractivity contribution in [3.05, 3.63) is 29.8 Å². The van der Waals surface area contributed by atoms with E-state index in [4.69, 9.17) is 0 Å². The molecular weight excluding hydrogens is 285 g/mol. The van der Waals surface area contributed by atoms with Gasteiger partial charge in [0, 0.05) is 12.2 Å². The fourth-order valence-electron chi connectivity index (χ4n) is 1.41. The fraction of sp³-hybridized carbons (Fsp3) is 0.500. The number of hydrogen-bond donors (Lipinski definition) is 0. The molecule has 0 amide bonds. The largest absolute Gasteiger partial charge is 0.363 e. The van der Waals surface area contributed by atoms with Crippen LogP contribution >= 0.6 is 22.6 Å². The van der Waals surface area contributed by atoms with Crippen LogP contribution in [0.5, 0.6) is 0 Å². The molecule has 0 bridgehead atoms. The quantitative estimate of drug-likeness (QED) is 0.461. The summed E-state index contributed by atoms with van der Waals surface area (Å²) in [5.74, 6) is 0.624. The Morgan fingerprint density at radius 3 is 2.14 bits per heavy atom. The van der Waals surface area contributed by atoms with E-state index < -0.39 is 0 Å². The third-order valence-corrected chi connectivity index (χ3v) is 3.27. The maximum Gasteiger partial charge on any atom is 0.0699 e. The van der Waals surface area contributed by atoms with Crippen molar-refractivity contribution in [1.29, 1.82) is 0 Å². The lowest BCUT2D eigenvalue weighted by Crippen LogP contribution is -2.19. The van der Waals surface area contributed by atoms with Crippen LogP contribution in [0.15, 0.2) is 24.3 Å². The number of hydrogen-bond acceptors (Lipinski definition) is 1. The normalized spacial score (nSPS) is 10.6. The van der Waals surface area contributed by atoms with E-state index in [1.807, 2.05) is 0 Å². The van der Waals surface area contributed by atoms with E-state index in [9.17, 15) is 0 Å². The van der Waals surface area contributed by atoms with Crippen LogP contribution in [0, 0.1) is 0 Å². The lowest BCUT2D eigenvalue weighted by molar-refractivity contribution is 0.864. The topological polar surface area (TPSA) is 3.24 Å². The van der Waals surface area contributed by atoms with Gasteiger partial charge in [0.25, 0.3) is 0 Å². The fourth-order valence-corrected chi connectivity index (χ4v) is 2.28. The zero-order valence-electron chi connectivity index (χ0n) is 9.13. The lowest BCUT2D eigenvalue weighted by atomic mass is 10.0. The van der Waals surface area contributed by atoms with Crippen LogP contribution in [0.25, 0.3) is 0 Å². The molecule has 0 radical (unpaired) electrons. The highest BCUT2D eigenvalue weighted by Gasteiger charge is 2.03. The van der Waals surface area contributed by atoms with Crippen molar-refractivity contribution in [2.75, 3.05) is 16.0 Å². The van der Waals surface area contributed by atoms with Crippen LogP contribution in [0.3, 0.4) is 0 Å². The summed E-state index contributed by atoms with van der Waals surface area (Å²) < 4.78 is 1.05. The molecule has 0 aliphatic carbocycles. The molecule has 0 aromatic heterocycles. The second-order valence-corrected chi connectivity index (χ2v) is 4.40. The molecule has 1 aromatic rings. The summed E-state index contributed by atoms with van der Waals surface area (Å²) in [5.41, 5.74) is 2.74. The molecule has 0 saturated carbocycles. The van der Waals surface area contributed by atoms with E-state index in [1.165, 1.54) is 11.3 Å². The Bertz CT molecular complexity index is 262. The Labute approximate surface area is 101 Å². The van der Waals surface area contributed by atoms with Crippen molar-refractivity contribution in [2.24, 2.45) is 0 Å². The zero-order valence-corrected chi connectivity index (χ0v) is 11.3.